The lowest BCUT2D eigenvalue weighted by molar-refractivity contribution is -0.120. The summed E-state index contributed by atoms with van der Waals surface area (Å²) in [5, 5.41) is 3.06. The molecule has 0 saturated carbocycles. The Labute approximate surface area is 116 Å². The summed E-state index contributed by atoms with van der Waals surface area (Å²) in [5.41, 5.74) is 2.65. The van der Waals surface area contributed by atoms with E-state index in [0.717, 1.165) is 26.1 Å². The maximum absolute atomic E-state index is 11.2. The van der Waals surface area contributed by atoms with Crippen LogP contribution in [0.15, 0.2) is 24.3 Å². The van der Waals surface area contributed by atoms with E-state index in [-0.39, 0.29) is 5.91 Å². The highest BCUT2D eigenvalue weighted by Crippen LogP contribution is 2.18. The Balaban J connectivity index is 1.95. The van der Waals surface area contributed by atoms with E-state index in [1.54, 1.807) is 6.92 Å². The molecule has 0 aromatic heterocycles. The highest BCUT2D eigenvalue weighted by molar-refractivity contribution is 5.73. The second-order valence-corrected chi connectivity index (χ2v) is 5.92. The smallest absolute Gasteiger partial charge is 0.217 e. The fourth-order valence-corrected chi connectivity index (χ4v) is 2.93. The third-order valence-corrected chi connectivity index (χ3v) is 3.67. The van der Waals surface area contributed by atoms with Gasteiger partial charge in [-0.3, -0.25) is 9.69 Å². The van der Waals surface area contributed by atoms with Crippen LogP contribution in [0.3, 0.4) is 0 Å². The molecule has 3 nitrogen and oxygen atoms in total. The van der Waals surface area contributed by atoms with Crippen LogP contribution in [0.5, 0.6) is 0 Å². The third-order valence-electron chi connectivity index (χ3n) is 3.67. The Hall–Kier alpha value is -1.35. The minimum atomic E-state index is 0.0781. The quantitative estimate of drug-likeness (QED) is 0.904. The Morgan fingerprint density at radius 1 is 1.32 bits per heavy atom. The van der Waals surface area contributed by atoms with Gasteiger partial charge in [-0.1, -0.05) is 36.8 Å². The average molecular weight is 260 g/mol. The van der Waals surface area contributed by atoms with Gasteiger partial charge in [-0.2, -0.15) is 0 Å². The van der Waals surface area contributed by atoms with Crippen LogP contribution in [0.4, 0.5) is 0 Å². The second-order valence-electron chi connectivity index (χ2n) is 5.92. The number of hydrogen-bond acceptors (Lipinski definition) is 2. The first-order chi connectivity index (χ1) is 9.02. The van der Waals surface area contributed by atoms with Crippen LogP contribution in [0.25, 0.3) is 0 Å². The largest absolute Gasteiger partial charge is 0.352 e. The molecule has 1 amide bonds. The van der Waals surface area contributed by atoms with Gasteiger partial charge in [0.05, 0.1) is 0 Å². The van der Waals surface area contributed by atoms with Crippen molar-refractivity contribution in [2.24, 2.45) is 5.92 Å². The molecule has 1 fully saturated rings. The van der Waals surface area contributed by atoms with Crippen LogP contribution in [0, 0.1) is 12.8 Å². The number of carbonyl (C=O) groups excluding carboxylic acids is 1. The maximum Gasteiger partial charge on any atom is 0.217 e. The zero-order valence-corrected chi connectivity index (χ0v) is 12.1. The summed E-state index contributed by atoms with van der Waals surface area (Å²) in [4.78, 5) is 13.6. The van der Waals surface area contributed by atoms with E-state index in [1.807, 2.05) is 0 Å². The van der Waals surface area contributed by atoms with Gasteiger partial charge in [0.25, 0.3) is 0 Å². The minimum absolute atomic E-state index is 0.0781. The molecule has 19 heavy (non-hydrogen) atoms. The summed E-state index contributed by atoms with van der Waals surface area (Å²) in [6.07, 6.45) is 1.09. The zero-order valence-electron chi connectivity index (χ0n) is 12.1. The van der Waals surface area contributed by atoms with Gasteiger partial charge in [-0.05, 0) is 24.8 Å². The van der Waals surface area contributed by atoms with Gasteiger partial charge in [-0.15, -0.1) is 0 Å². The van der Waals surface area contributed by atoms with Crippen molar-refractivity contribution in [2.75, 3.05) is 13.1 Å². The fraction of sp³-hybridized carbons (Fsp3) is 0.562. The second kappa shape index (κ2) is 6.20. The van der Waals surface area contributed by atoms with Crippen molar-refractivity contribution in [1.82, 2.24) is 10.2 Å². The van der Waals surface area contributed by atoms with Crippen molar-refractivity contribution in [1.29, 1.82) is 0 Å². The van der Waals surface area contributed by atoms with Crippen molar-refractivity contribution in [3.63, 3.8) is 0 Å². The highest BCUT2D eigenvalue weighted by Gasteiger charge is 2.25. The SMILES string of the molecule is CC(=O)NC1CC(C)CN(Cc2ccc(C)cc2)C1. The van der Waals surface area contributed by atoms with Crippen LogP contribution >= 0.6 is 0 Å². The first kappa shape index (κ1) is 14.1. The lowest BCUT2D eigenvalue weighted by atomic mass is 9.95. The summed E-state index contributed by atoms with van der Waals surface area (Å²) in [6, 6.07) is 9.01. The number of rotatable bonds is 3. The number of piperidine rings is 1. The van der Waals surface area contributed by atoms with Crippen molar-refractivity contribution in [3.8, 4) is 0 Å². The van der Waals surface area contributed by atoms with Crippen molar-refractivity contribution >= 4 is 5.91 Å². The van der Waals surface area contributed by atoms with Crippen LogP contribution in [0.1, 0.15) is 31.4 Å². The number of nitrogens with one attached hydrogen (secondary N) is 1. The molecule has 1 aromatic carbocycles. The van der Waals surface area contributed by atoms with Gasteiger partial charge < -0.3 is 5.32 Å². The molecule has 3 heteroatoms. The molecule has 1 N–H and O–H groups in total. The lowest BCUT2D eigenvalue weighted by Gasteiger charge is -2.36. The Bertz CT molecular complexity index is 427. The molecule has 1 saturated heterocycles. The van der Waals surface area contributed by atoms with E-state index < -0.39 is 0 Å². The minimum Gasteiger partial charge on any atom is -0.352 e. The van der Waals surface area contributed by atoms with E-state index in [9.17, 15) is 4.79 Å². The molecular formula is C16H24N2O. The van der Waals surface area contributed by atoms with E-state index in [2.05, 4.69) is 48.3 Å². The molecule has 2 unspecified atom stereocenters. The summed E-state index contributed by atoms with van der Waals surface area (Å²) in [5.74, 6) is 0.713. The Kier molecular flexibility index (Phi) is 4.59. The number of benzene rings is 1. The van der Waals surface area contributed by atoms with Crippen LogP contribution in [0.2, 0.25) is 0 Å². The van der Waals surface area contributed by atoms with Crippen LogP contribution in [-0.4, -0.2) is 29.9 Å². The summed E-state index contributed by atoms with van der Waals surface area (Å²) < 4.78 is 0. The number of hydrogen-bond donors (Lipinski definition) is 1. The molecule has 1 aliphatic heterocycles. The van der Waals surface area contributed by atoms with Gasteiger partial charge in [-0.25, -0.2) is 0 Å². The van der Waals surface area contributed by atoms with Gasteiger partial charge in [0, 0.05) is 32.6 Å². The monoisotopic (exact) mass is 260 g/mol. The van der Waals surface area contributed by atoms with Crippen molar-refractivity contribution in [2.45, 2.75) is 39.8 Å². The van der Waals surface area contributed by atoms with Gasteiger partial charge in [0.15, 0.2) is 0 Å². The number of carbonyl (C=O) groups is 1. The van der Waals surface area contributed by atoms with Gasteiger partial charge in [0.2, 0.25) is 5.91 Å². The predicted molar refractivity (Wildman–Crippen MR) is 77.8 cm³/mol. The van der Waals surface area contributed by atoms with Crippen LogP contribution in [-0.2, 0) is 11.3 Å². The number of amides is 1. The normalized spacial score (nSPS) is 24.2. The molecular weight excluding hydrogens is 236 g/mol. The van der Waals surface area contributed by atoms with Gasteiger partial charge >= 0.3 is 0 Å². The Morgan fingerprint density at radius 3 is 2.63 bits per heavy atom. The van der Waals surface area contributed by atoms with E-state index in [1.165, 1.54) is 11.1 Å². The molecule has 0 aliphatic carbocycles. The van der Waals surface area contributed by atoms with E-state index >= 15 is 0 Å². The molecule has 1 heterocycles. The standard InChI is InChI=1S/C16H24N2O/c1-12-4-6-15(7-5-12)10-18-9-13(2)8-16(11-18)17-14(3)19/h4-7,13,16H,8-11H2,1-3H3,(H,17,19). The summed E-state index contributed by atoms with van der Waals surface area (Å²) in [7, 11) is 0. The average Bonchev–Trinajstić information content (AvgIpc) is 2.30. The third kappa shape index (κ3) is 4.35. The predicted octanol–water partition coefficient (Wildman–Crippen LogP) is 2.34. The molecule has 0 bridgehead atoms. The molecule has 0 radical (unpaired) electrons. The maximum atomic E-state index is 11.2. The number of aryl methyl sites for hydroxylation is 1. The summed E-state index contributed by atoms with van der Waals surface area (Å²) >= 11 is 0. The number of likely N-dealkylation sites (tertiary alicyclic amines) is 1. The topological polar surface area (TPSA) is 32.3 Å². The number of nitrogens with zero attached hydrogens (tertiary/aromatic N) is 1. The molecule has 104 valence electrons. The van der Waals surface area contributed by atoms with Crippen molar-refractivity contribution in [3.05, 3.63) is 35.4 Å². The first-order valence-electron chi connectivity index (χ1n) is 7.08. The Morgan fingerprint density at radius 2 is 2.00 bits per heavy atom. The van der Waals surface area contributed by atoms with Crippen LogP contribution < -0.4 is 5.32 Å². The fourth-order valence-electron chi connectivity index (χ4n) is 2.93. The van der Waals surface area contributed by atoms with E-state index in [4.69, 9.17) is 0 Å². The first-order valence-corrected chi connectivity index (χ1v) is 7.08. The zero-order chi connectivity index (χ0) is 13.8. The molecule has 1 aliphatic rings. The highest BCUT2D eigenvalue weighted by atomic mass is 16.1. The summed E-state index contributed by atoms with van der Waals surface area (Å²) in [6.45, 7) is 9.02. The van der Waals surface area contributed by atoms with Crippen molar-refractivity contribution < 1.29 is 4.79 Å². The lowest BCUT2D eigenvalue weighted by Crippen LogP contribution is -2.49. The molecule has 0 spiro atoms. The molecule has 2 atom stereocenters. The van der Waals surface area contributed by atoms with E-state index in [0.29, 0.717) is 12.0 Å². The molecule has 2 rings (SSSR count). The molecule has 1 aromatic rings. The van der Waals surface area contributed by atoms with Gasteiger partial charge in [0.1, 0.15) is 0 Å².